The van der Waals surface area contributed by atoms with E-state index >= 15 is 0 Å². The van der Waals surface area contributed by atoms with Gasteiger partial charge in [0, 0.05) is 29.9 Å². The van der Waals surface area contributed by atoms with E-state index in [0.29, 0.717) is 35.2 Å². The first kappa shape index (κ1) is 17.9. The number of aryl methyl sites for hydroxylation is 2. The normalized spacial score (nSPS) is 16.7. The van der Waals surface area contributed by atoms with Gasteiger partial charge in [0.2, 0.25) is 0 Å². The van der Waals surface area contributed by atoms with Crippen molar-refractivity contribution in [1.29, 1.82) is 0 Å². The first-order valence-corrected chi connectivity index (χ1v) is 9.84. The van der Waals surface area contributed by atoms with Crippen molar-refractivity contribution in [3.8, 4) is 17.0 Å². The Morgan fingerprint density at radius 1 is 1.24 bits per heavy atom. The molecule has 1 aliphatic heterocycles. The van der Waals surface area contributed by atoms with Crippen LogP contribution in [0.5, 0.6) is 5.75 Å². The first-order chi connectivity index (χ1) is 14.1. The Morgan fingerprint density at radius 2 is 2.14 bits per heavy atom. The maximum atomic E-state index is 12.7. The zero-order chi connectivity index (χ0) is 20.0. The molecule has 0 spiro atoms. The Balaban J connectivity index is 1.49. The van der Waals surface area contributed by atoms with Crippen LogP contribution in [0, 0.1) is 13.8 Å². The summed E-state index contributed by atoms with van der Waals surface area (Å²) < 4.78 is 13.4. The minimum atomic E-state index is -0.419. The molecule has 4 heterocycles. The van der Waals surface area contributed by atoms with Crippen molar-refractivity contribution in [1.82, 2.24) is 19.7 Å². The number of nitrogens with one attached hydrogen (secondary N) is 1. The van der Waals surface area contributed by atoms with E-state index in [2.05, 4.69) is 15.3 Å². The summed E-state index contributed by atoms with van der Waals surface area (Å²) in [7, 11) is 0. The van der Waals surface area contributed by atoms with E-state index in [-0.39, 0.29) is 0 Å². The van der Waals surface area contributed by atoms with Crippen molar-refractivity contribution in [2.24, 2.45) is 0 Å². The fourth-order valence-corrected chi connectivity index (χ4v) is 3.89. The highest BCUT2D eigenvalue weighted by molar-refractivity contribution is 5.82. The van der Waals surface area contributed by atoms with Crippen molar-refractivity contribution in [2.75, 3.05) is 13.2 Å². The lowest BCUT2D eigenvalue weighted by molar-refractivity contribution is 0.277. The molecule has 1 N–H and O–H groups in total. The number of hydrogen-bond donors (Lipinski definition) is 1. The predicted molar refractivity (Wildman–Crippen MR) is 110 cm³/mol. The van der Waals surface area contributed by atoms with Gasteiger partial charge in [-0.25, -0.2) is 9.78 Å². The van der Waals surface area contributed by atoms with Crippen molar-refractivity contribution in [3.05, 3.63) is 58.5 Å². The molecule has 0 bridgehead atoms. The minimum absolute atomic E-state index is 0.386. The molecule has 0 amide bonds. The van der Waals surface area contributed by atoms with Gasteiger partial charge in [-0.3, -0.25) is 4.98 Å². The molecule has 1 aliphatic rings. The lowest BCUT2D eigenvalue weighted by Gasteiger charge is -2.12. The van der Waals surface area contributed by atoms with Crippen molar-refractivity contribution < 1.29 is 9.15 Å². The number of benzene rings is 1. The van der Waals surface area contributed by atoms with Crippen LogP contribution in [0.1, 0.15) is 24.2 Å². The fourth-order valence-electron chi connectivity index (χ4n) is 3.89. The van der Waals surface area contributed by atoms with E-state index in [9.17, 15) is 4.79 Å². The molecule has 5 rings (SSSR count). The van der Waals surface area contributed by atoms with E-state index < -0.39 is 5.63 Å². The predicted octanol–water partition coefficient (Wildman–Crippen LogP) is 3.25. The van der Waals surface area contributed by atoms with Crippen LogP contribution in [0.25, 0.3) is 27.9 Å². The average Bonchev–Trinajstić information content (AvgIpc) is 3.35. The molecule has 1 atom stereocenters. The molecule has 29 heavy (non-hydrogen) atoms. The Morgan fingerprint density at radius 3 is 2.97 bits per heavy atom. The van der Waals surface area contributed by atoms with Crippen LogP contribution in [0.4, 0.5) is 0 Å². The average molecular weight is 390 g/mol. The zero-order valence-corrected chi connectivity index (χ0v) is 16.4. The number of rotatable bonds is 4. The largest absolute Gasteiger partial charge is 0.492 e. The number of aromatic nitrogens is 3. The highest BCUT2D eigenvalue weighted by atomic mass is 16.5. The van der Waals surface area contributed by atoms with Crippen LogP contribution in [0.2, 0.25) is 0 Å². The number of nitrogens with zero attached hydrogens (tertiary/aromatic N) is 3. The van der Waals surface area contributed by atoms with E-state index in [1.54, 1.807) is 6.07 Å². The summed E-state index contributed by atoms with van der Waals surface area (Å²) in [6.07, 6.45) is 6.03. The smallest absolute Gasteiger partial charge is 0.345 e. The van der Waals surface area contributed by atoms with Crippen molar-refractivity contribution >= 4 is 16.6 Å². The molecule has 0 radical (unpaired) electrons. The molecule has 7 heteroatoms. The van der Waals surface area contributed by atoms with Crippen LogP contribution in [0.3, 0.4) is 0 Å². The highest BCUT2D eigenvalue weighted by Gasteiger charge is 2.16. The van der Waals surface area contributed by atoms with E-state index in [1.807, 2.05) is 48.8 Å². The zero-order valence-electron chi connectivity index (χ0n) is 16.4. The molecule has 1 unspecified atom stereocenters. The molecule has 0 aliphatic carbocycles. The van der Waals surface area contributed by atoms with E-state index in [1.165, 1.54) is 6.42 Å². The summed E-state index contributed by atoms with van der Waals surface area (Å²) in [5.41, 5.74) is 3.54. The number of ether oxygens (including phenoxy) is 1. The standard InChI is InChI=1S/C22H22N4O3/c1-13-10-26-11-19(25-21(26)14(2)24-13)18-8-15-5-6-17(9-20(15)29-22(18)27)28-12-16-4-3-7-23-16/h5-6,8-11,16,23H,3-4,7,12H2,1-2H3. The molecule has 148 valence electrons. The Labute approximate surface area is 167 Å². The SMILES string of the molecule is Cc1cn2cc(-c3cc4ccc(OCC5CCCN5)cc4oc3=O)nc2c(C)n1. The summed E-state index contributed by atoms with van der Waals surface area (Å²) in [6, 6.07) is 7.79. The topological polar surface area (TPSA) is 81.7 Å². The third-order valence-corrected chi connectivity index (χ3v) is 5.32. The Bertz CT molecular complexity index is 1270. The highest BCUT2D eigenvalue weighted by Crippen LogP contribution is 2.25. The second kappa shape index (κ2) is 7.00. The van der Waals surface area contributed by atoms with Gasteiger partial charge >= 0.3 is 5.63 Å². The summed E-state index contributed by atoms with van der Waals surface area (Å²) >= 11 is 0. The van der Waals surface area contributed by atoms with Gasteiger partial charge in [-0.15, -0.1) is 0 Å². The lowest BCUT2D eigenvalue weighted by atomic mass is 10.1. The number of imidazole rings is 1. The minimum Gasteiger partial charge on any atom is -0.492 e. The quantitative estimate of drug-likeness (QED) is 0.539. The van der Waals surface area contributed by atoms with Gasteiger partial charge in [0.15, 0.2) is 5.65 Å². The molecular weight excluding hydrogens is 368 g/mol. The molecule has 0 saturated carbocycles. The lowest BCUT2D eigenvalue weighted by Crippen LogP contribution is -2.28. The first-order valence-electron chi connectivity index (χ1n) is 9.84. The molecule has 1 aromatic carbocycles. The summed E-state index contributed by atoms with van der Waals surface area (Å²) in [4.78, 5) is 21.7. The second-order valence-electron chi connectivity index (χ2n) is 7.58. The van der Waals surface area contributed by atoms with Crippen molar-refractivity contribution in [3.63, 3.8) is 0 Å². The van der Waals surface area contributed by atoms with Gasteiger partial charge < -0.3 is 18.9 Å². The fraction of sp³-hybridized carbons (Fsp3) is 0.318. The summed E-state index contributed by atoms with van der Waals surface area (Å²) in [6.45, 7) is 5.49. The summed E-state index contributed by atoms with van der Waals surface area (Å²) in [5.74, 6) is 0.701. The summed E-state index contributed by atoms with van der Waals surface area (Å²) in [5, 5.41) is 4.23. The van der Waals surface area contributed by atoms with Crippen LogP contribution < -0.4 is 15.7 Å². The van der Waals surface area contributed by atoms with E-state index in [0.717, 1.165) is 35.4 Å². The maximum absolute atomic E-state index is 12.7. The van der Waals surface area contributed by atoms with Gasteiger partial charge in [0.1, 0.15) is 17.9 Å². The third kappa shape index (κ3) is 3.38. The van der Waals surface area contributed by atoms with Crippen LogP contribution in [0.15, 0.2) is 45.9 Å². The van der Waals surface area contributed by atoms with Crippen LogP contribution >= 0.6 is 0 Å². The number of hydrogen-bond acceptors (Lipinski definition) is 6. The molecule has 4 aromatic rings. The van der Waals surface area contributed by atoms with Gasteiger partial charge in [0.05, 0.1) is 22.6 Å². The second-order valence-corrected chi connectivity index (χ2v) is 7.58. The molecular formula is C22H22N4O3. The van der Waals surface area contributed by atoms with Gasteiger partial charge in [-0.1, -0.05) is 0 Å². The monoisotopic (exact) mass is 390 g/mol. The Kier molecular flexibility index (Phi) is 4.32. The van der Waals surface area contributed by atoms with Gasteiger partial charge in [-0.2, -0.15) is 0 Å². The maximum Gasteiger partial charge on any atom is 0.345 e. The Hall–Kier alpha value is -3.19. The molecule has 1 fully saturated rings. The van der Waals surface area contributed by atoms with Gasteiger partial charge in [0.25, 0.3) is 0 Å². The molecule has 1 saturated heterocycles. The third-order valence-electron chi connectivity index (χ3n) is 5.32. The van der Waals surface area contributed by atoms with Crippen molar-refractivity contribution in [2.45, 2.75) is 32.7 Å². The molecule has 7 nitrogen and oxygen atoms in total. The molecule has 3 aromatic heterocycles. The van der Waals surface area contributed by atoms with E-state index in [4.69, 9.17) is 9.15 Å². The van der Waals surface area contributed by atoms with Crippen LogP contribution in [-0.2, 0) is 0 Å². The van der Waals surface area contributed by atoms with Gasteiger partial charge in [-0.05, 0) is 51.4 Å². The number of fused-ring (bicyclic) bond motifs is 2. The van der Waals surface area contributed by atoms with Crippen LogP contribution in [-0.4, -0.2) is 33.6 Å².